The van der Waals surface area contributed by atoms with E-state index < -0.39 is 0 Å². The second-order valence-corrected chi connectivity index (χ2v) is 9.47. The van der Waals surface area contributed by atoms with E-state index >= 15 is 0 Å². The van der Waals surface area contributed by atoms with Gasteiger partial charge in [0.15, 0.2) is 5.11 Å². The van der Waals surface area contributed by atoms with Crippen molar-refractivity contribution in [1.82, 2.24) is 10.2 Å². The number of fused-ring (bicyclic) bond motifs is 2. The zero-order valence-corrected chi connectivity index (χ0v) is 17.8. The van der Waals surface area contributed by atoms with Crippen molar-refractivity contribution in [2.24, 2.45) is 0 Å². The molecule has 2 unspecified atom stereocenters. The molecule has 1 aromatic carbocycles. The summed E-state index contributed by atoms with van der Waals surface area (Å²) in [5, 5.41) is 7.89. The van der Waals surface area contributed by atoms with Crippen LogP contribution in [-0.2, 0) is 0 Å². The number of piperidine rings is 2. The molecular formula is C23H35N3S. The summed E-state index contributed by atoms with van der Waals surface area (Å²) < 4.78 is 0. The molecular weight excluding hydrogens is 350 g/mol. The monoisotopic (exact) mass is 385 g/mol. The second-order valence-electron chi connectivity index (χ2n) is 9.06. The molecule has 1 aromatic rings. The Morgan fingerprint density at radius 1 is 0.926 bits per heavy atom. The first kappa shape index (κ1) is 19.2. The number of anilines is 1. The lowest BCUT2D eigenvalue weighted by molar-refractivity contribution is -0.0195. The molecule has 2 atom stereocenters. The maximum absolute atomic E-state index is 5.67. The number of thiocarbonyl (C=S) groups is 1. The third-order valence-corrected chi connectivity index (χ3v) is 7.22. The van der Waals surface area contributed by atoms with Crippen LogP contribution >= 0.6 is 12.2 Å². The fourth-order valence-corrected chi connectivity index (χ4v) is 6.00. The predicted molar refractivity (Wildman–Crippen MR) is 118 cm³/mol. The molecule has 1 aliphatic carbocycles. The van der Waals surface area contributed by atoms with Crippen molar-refractivity contribution in [3.63, 3.8) is 0 Å². The van der Waals surface area contributed by atoms with Gasteiger partial charge >= 0.3 is 0 Å². The van der Waals surface area contributed by atoms with E-state index in [1.165, 1.54) is 75.3 Å². The first-order chi connectivity index (χ1) is 13.1. The lowest BCUT2D eigenvalue weighted by Crippen LogP contribution is -2.60. The number of hydrogen-bond donors (Lipinski definition) is 2. The zero-order valence-electron chi connectivity index (χ0n) is 17.0. The van der Waals surface area contributed by atoms with Crippen LogP contribution in [0.5, 0.6) is 0 Å². The van der Waals surface area contributed by atoms with E-state index in [0.717, 1.165) is 28.9 Å². The summed E-state index contributed by atoms with van der Waals surface area (Å²) in [5.41, 5.74) is 3.64. The predicted octanol–water partition coefficient (Wildman–Crippen LogP) is 5.31. The minimum Gasteiger partial charge on any atom is -0.360 e. The Labute approximate surface area is 170 Å². The summed E-state index contributed by atoms with van der Waals surface area (Å²) >= 11 is 5.67. The van der Waals surface area contributed by atoms with Crippen molar-refractivity contribution < 1.29 is 0 Å². The van der Waals surface area contributed by atoms with Crippen LogP contribution < -0.4 is 10.6 Å². The number of hydrogen-bond acceptors (Lipinski definition) is 2. The molecule has 2 heterocycles. The highest BCUT2D eigenvalue weighted by Crippen LogP contribution is 2.39. The van der Waals surface area contributed by atoms with Crippen molar-refractivity contribution in [2.45, 2.75) is 102 Å². The molecule has 2 N–H and O–H groups in total. The average molecular weight is 386 g/mol. The highest BCUT2D eigenvalue weighted by molar-refractivity contribution is 7.80. The van der Waals surface area contributed by atoms with Crippen LogP contribution in [-0.4, -0.2) is 34.2 Å². The third kappa shape index (κ3) is 4.48. The first-order valence-electron chi connectivity index (χ1n) is 11.0. The van der Waals surface area contributed by atoms with Gasteiger partial charge in [-0.3, -0.25) is 4.90 Å². The molecule has 0 radical (unpaired) electrons. The molecule has 0 spiro atoms. The topological polar surface area (TPSA) is 27.3 Å². The molecule has 4 heteroatoms. The average Bonchev–Trinajstić information content (AvgIpc) is 2.64. The lowest BCUT2D eigenvalue weighted by Gasteiger charge is -2.53. The van der Waals surface area contributed by atoms with Gasteiger partial charge in [-0.15, -0.1) is 0 Å². The van der Waals surface area contributed by atoms with E-state index in [1.807, 2.05) is 0 Å². The molecule has 3 fully saturated rings. The van der Waals surface area contributed by atoms with Gasteiger partial charge in [0.2, 0.25) is 0 Å². The van der Waals surface area contributed by atoms with Gasteiger partial charge in [-0.1, -0.05) is 37.8 Å². The molecule has 3 nitrogen and oxygen atoms in total. The van der Waals surface area contributed by atoms with Crippen LogP contribution in [0.4, 0.5) is 5.69 Å². The smallest absolute Gasteiger partial charge is 0.171 e. The Kier molecular flexibility index (Phi) is 6.03. The molecule has 0 amide bonds. The fraction of sp³-hybridized carbons (Fsp3) is 0.696. The van der Waals surface area contributed by atoms with Gasteiger partial charge in [-0.2, -0.15) is 0 Å². The molecule has 3 aliphatic rings. The van der Waals surface area contributed by atoms with E-state index in [9.17, 15) is 0 Å². The normalized spacial score (nSPS) is 29.3. The van der Waals surface area contributed by atoms with Crippen LogP contribution in [0.1, 0.15) is 75.3 Å². The van der Waals surface area contributed by atoms with Crippen LogP contribution in [0.3, 0.4) is 0 Å². The Balaban J connectivity index is 1.37. The number of aryl methyl sites for hydroxylation is 2. The Morgan fingerprint density at radius 2 is 1.59 bits per heavy atom. The van der Waals surface area contributed by atoms with Gasteiger partial charge in [0.05, 0.1) is 0 Å². The Bertz CT molecular complexity index is 654. The van der Waals surface area contributed by atoms with Gasteiger partial charge in [0, 0.05) is 29.9 Å². The summed E-state index contributed by atoms with van der Waals surface area (Å²) in [6.45, 7) is 4.26. The van der Waals surface area contributed by atoms with Gasteiger partial charge in [0.25, 0.3) is 0 Å². The van der Waals surface area contributed by atoms with Crippen molar-refractivity contribution in [1.29, 1.82) is 0 Å². The Hall–Kier alpha value is -1.13. The number of nitrogens with one attached hydrogen (secondary N) is 2. The van der Waals surface area contributed by atoms with Crippen molar-refractivity contribution in [2.75, 3.05) is 5.32 Å². The van der Waals surface area contributed by atoms with Crippen molar-refractivity contribution in [3.8, 4) is 0 Å². The summed E-state index contributed by atoms with van der Waals surface area (Å²) in [6.07, 6.45) is 13.8. The van der Waals surface area contributed by atoms with E-state index in [4.69, 9.17) is 12.2 Å². The van der Waals surface area contributed by atoms with Gasteiger partial charge in [-0.25, -0.2) is 0 Å². The number of rotatable bonds is 3. The number of nitrogens with zero attached hydrogens (tertiary/aromatic N) is 1. The third-order valence-electron chi connectivity index (χ3n) is 7.00. The molecule has 4 rings (SSSR count). The highest BCUT2D eigenvalue weighted by atomic mass is 32.1. The van der Waals surface area contributed by atoms with Crippen LogP contribution in [0.15, 0.2) is 18.2 Å². The summed E-state index contributed by atoms with van der Waals surface area (Å²) in [4.78, 5) is 2.95. The molecule has 1 saturated carbocycles. The highest BCUT2D eigenvalue weighted by Gasteiger charge is 2.41. The van der Waals surface area contributed by atoms with Gasteiger partial charge in [-0.05, 0) is 81.8 Å². The molecule has 2 aliphatic heterocycles. The summed E-state index contributed by atoms with van der Waals surface area (Å²) in [6, 6.07) is 9.40. The fourth-order valence-electron chi connectivity index (χ4n) is 5.73. The van der Waals surface area contributed by atoms with Crippen molar-refractivity contribution in [3.05, 3.63) is 29.3 Å². The zero-order chi connectivity index (χ0) is 18.8. The van der Waals surface area contributed by atoms with Crippen LogP contribution in [0, 0.1) is 13.8 Å². The SMILES string of the molecule is Cc1ccc(C)c(NC(=S)NC2CC3CCCC(C2)N3C2CCCCC2)c1. The van der Waals surface area contributed by atoms with Crippen LogP contribution in [0.2, 0.25) is 0 Å². The first-order valence-corrected chi connectivity index (χ1v) is 11.4. The van der Waals surface area contributed by atoms with Gasteiger partial charge < -0.3 is 10.6 Å². The van der Waals surface area contributed by atoms with Crippen molar-refractivity contribution >= 4 is 23.0 Å². The minimum absolute atomic E-state index is 0.519. The Morgan fingerprint density at radius 3 is 2.30 bits per heavy atom. The van der Waals surface area contributed by atoms with Crippen LogP contribution in [0.25, 0.3) is 0 Å². The standard InChI is InChI=1S/C23H35N3S/c1-16-11-12-17(2)22(13-16)25-23(27)24-18-14-20-9-6-10-21(15-18)26(20)19-7-4-3-5-8-19/h11-13,18-21H,3-10,14-15H2,1-2H3,(H2,24,25,27). The van der Waals surface area contributed by atoms with E-state index in [1.54, 1.807) is 0 Å². The maximum atomic E-state index is 5.67. The lowest BCUT2D eigenvalue weighted by atomic mass is 9.78. The molecule has 2 saturated heterocycles. The molecule has 27 heavy (non-hydrogen) atoms. The minimum atomic E-state index is 0.519. The largest absolute Gasteiger partial charge is 0.360 e. The molecule has 2 bridgehead atoms. The molecule has 0 aromatic heterocycles. The van der Waals surface area contributed by atoms with E-state index in [0.29, 0.717) is 6.04 Å². The van der Waals surface area contributed by atoms with Gasteiger partial charge in [0.1, 0.15) is 0 Å². The second kappa shape index (κ2) is 8.48. The quantitative estimate of drug-likeness (QED) is 0.690. The summed E-state index contributed by atoms with van der Waals surface area (Å²) in [5.74, 6) is 0. The maximum Gasteiger partial charge on any atom is 0.171 e. The van der Waals surface area contributed by atoms with E-state index in [-0.39, 0.29) is 0 Å². The summed E-state index contributed by atoms with van der Waals surface area (Å²) in [7, 11) is 0. The molecule has 148 valence electrons. The van der Waals surface area contributed by atoms with E-state index in [2.05, 4.69) is 47.6 Å². The number of benzene rings is 1.